The molecule has 0 bridgehead atoms. The van der Waals surface area contributed by atoms with E-state index in [0.717, 1.165) is 32.1 Å². The first-order valence-corrected chi connectivity index (χ1v) is 5.68. The molecule has 0 saturated heterocycles. The van der Waals surface area contributed by atoms with Crippen LogP contribution in [-0.4, -0.2) is 41.4 Å². The summed E-state index contributed by atoms with van der Waals surface area (Å²) in [5, 5.41) is 17.7. The molecule has 1 amide bonds. The molecule has 4 nitrogen and oxygen atoms in total. The molecule has 0 atom stereocenters. The highest BCUT2D eigenvalue weighted by Crippen LogP contribution is 2.30. The standard InChI is InChI=1S/C11H21NO3/c1-12(11(14)15)7-6-9-2-4-10(8-13)5-3-9/h9-10,13H,2-8H2,1H3,(H,14,15). The zero-order chi connectivity index (χ0) is 11.3. The van der Waals surface area contributed by atoms with E-state index in [9.17, 15) is 4.79 Å². The molecule has 2 N–H and O–H groups in total. The van der Waals surface area contributed by atoms with E-state index in [4.69, 9.17) is 10.2 Å². The number of carbonyl (C=O) groups is 1. The van der Waals surface area contributed by atoms with Crippen molar-refractivity contribution >= 4 is 6.09 Å². The van der Waals surface area contributed by atoms with Crippen molar-refractivity contribution < 1.29 is 15.0 Å². The lowest BCUT2D eigenvalue weighted by Crippen LogP contribution is -2.28. The Labute approximate surface area is 90.9 Å². The number of hydrogen-bond donors (Lipinski definition) is 2. The highest BCUT2D eigenvalue weighted by atomic mass is 16.4. The van der Waals surface area contributed by atoms with Gasteiger partial charge in [-0.05, 0) is 31.1 Å². The summed E-state index contributed by atoms with van der Waals surface area (Å²) >= 11 is 0. The Hall–Kier alpha value is -0.770. The fraction of sp³-hybridized carbons (Fsp3) is 0.909. The predicted octanol–water partition coefficient (Wildman–Crippen LogP) is 1.78. The summed E-state index contributed by atoms with van der Waals surface area (Å²) in [5.41, 5.74) is 0. The van der Waals surface area contributed by atoms with E-state index in [1.54, 1.807) is 7.05 Å². The molecule has 4 heteroatoms. The van der Waals surface area contributed by atoms with E-state index >= 15 is 0 Å². The van der Waals surface area contributed by atoms with Gasteiger partial charge < -0.3 is 15.1 Å². The van der Waals surface area contributed by atoms with E-state index in [0.29, 0.717) is 25.0 Å². The van der Waals surface area contributed by atoms with Crippen LogP contribution in [0.1, 0.15) is 32.1 Å². The van der Waals surface area contributed by atoms with Gasteiger partial charge in [-0.3, -0.25) is 0 Å². The minimum absolute atomic E-state index is 0.307. The van der Waals surface area contributed by atoms with E-state index in [-0.39, 0.29) is 0 Å². The van der Waals surface area contributed by atoms with Crippen molar-refractivity contribution in [3.05, 3.63) is 0 Å². The van der Waals surface area contributed by atoms with Crippen LogP contribution >= 0.6 is 0 Å². The molecule has 1 aliphatic carbocycles. The molecule has 1 rings (SSSR count). The van der Waals surface area contributed by atoms with Crippen molar-refractivity contribution in [3.8, 4) is 0 Å². The molecular formula is C11H21NO3. The maximum absolute atomic E-state index is 10.6. The number of amides is 1. The minimum Gasteiger partial charge on any atom is -0.465 e. The summed E-state index contributed by atoms with van der Waals surface area (Å²) in [7, 11) is 1.61. The number of rotatable bonds is 4. The summed E-state index contributed by atoms with van der Waals surface area (Å²) in [4.78, 5) is 11.9. The third-order valence-electron chi connectivity index (χ3n) is 3.42. The van der Waals surface area contributed by atoms with Crippen LogP contribution in [0.25, 0.3) is 0 Å². The number of aliphatic hydroxyl groups is 1. The lowest BCUT2D eigenvalue weighted by molar-refractivity contribution is 0.142. The molecular weight excluding hydrogens is 194 g/mol. The Morgan fingerprint density at radius 2 is 1.80 bits per heavy atom. The number of aliphatic hydroxyl groups excluding tert-OH is 1. The maximum atomic E-state index is 10.6. The van der Waals surface area contributed by atoms with Gasteiger partial charge in [0.1, 0.15) is 0 Å². The van der Waals surface area contributed by atoms with Gasteiger partial charge >= 0.3 is 6.09 Å². The van der Waals surface area contributed by atoms with E-state index in [2.05, 4.69) is 0 Å². The highest BCUT2D eigenvalue weighted by Gasteiger charge is 2.21. The SMILES string of the molecule is CN(CCC1CCC(CO)CC1)C(=O)O. The van der Waals surface area contributed by atoms with Crippen molar-refractivity contribution in [2.24, 2.45) is 11.8 Å². The van der Waals surface area contributed by atoms with Crippen molar-refractivity contribution in [2.45, 2.75) is 32.1 Å². The third-order valence-corrected chi connectivity index (χ3v) is 3.42. The molecule has 0 spiro atoms. The van der Waals surface area contributed by atoms with Gasteiger partial charge in [0.25, 0.3) is 0 Å². The number of hydrogen-bond acceptors (Lipinski definition) is 2. The molecule has 88 valence electrons. The molecule has 1 aliphatic rings. The molecule has 15 heavy (non-hydrogen) atoms. The highest BCUT2D eigenvalue weighted by molar-refractivity contribution is 5.64. The predicted molar refractivity (Wildman–Crippen MR) is 57.8 cm³/mol. The second-order valence-corrected chi connectivity index (χ2v) is 4.56. The van der Waals surface area contributed by atoms with Gasteiger partial charge in [-0.25, -0.2) is 4.79 Å². The van der Waals surface area contributed by atoms with Gasteiger partial charge in [0.15, 0.2) is 0 Å². The van der Waals surface area contributed by atoms with Crippen LogP contribution in [-0.2, 0) is 0 Å². The lowest BCUT2D eigenvalue weighted by atomic mass is 9.81. The van der Waals surface area contributed by atoms with Crippen molar-refractivity contribution in [1.82, 2.24) is 4.90 Å². The molecule has 0 aliphatic heterocycles. The minimum atomic E-state index is -0.848. The Balaban J connectivity index is 2.16. The maximum Gasteiger partial charge on any atom is 0.407 e. The monoisotopic (exact) mass is 215 g/mol. The summed E-state index contributed by atoms with van der Waals surface area (Å²) in [6, 6.07) is 0. The largest absolute Gasteiger partial charge is 0.465 e. The zero-order valence-corrected chi connectivity index (χ0v) is 9.35. The van der Waals surface area contributed by atoms with Gasteiger partial charge in [0, 0.05) is 20.2 Å². The molecule has 0 heterocycles. The van der Waals surface area contributed by atoms with Crippen molar-refractivity contribution in [2.75, 3.05) is 20.2 Å². The van der Waals surface area contributed by atoms with Crippen molar-refractivity contribution in [1.29, 1.82) is 0 Å². The Bertz CT molecular complexity index is 200. The van der Waals surface area contributed by atoms with Crippen LogP contribution < -0.4 is 0 Å². The van der Waals surface area contributed by atoms with Crippen LogP contribution in [0.3, 0.4) is 0 Å². The summed E-state index contributed by atoms with van der Waals surface area (Å²) in [6.45, 7) is 0.936. The van der Waals surface area contributed by atoms with Crippen molar-refractivity contribution in [3.63, 3.8) is 0 Å². The molecule has 1 fully saturated rings. The average molecular weight is 215 g/mol. The topological polar surface area (TPSA) is 60.8 Å². The van der Waals surface area contributed by atoms with Gasteiger partial charge in [-0.1, -0.05) is 12.8 Å². The quantitative estimate of drug-likeness (QED) is 0.751. The number of carboxylic acid groups (broad SMARTS) is 1. The van der Waals surface area contributed by atoms with E-state index in [1.165, 1.54) is 4.90 Å². The fourth-order valence-corrected chi connectivity index (χ4v) is 2.17. The van der Waals surface area contributed by atoms with Crippen LogP contribution in [0, 0.1) is 11.8 Å². The number of nitrogens with zero attached hydrogens (tertiary/aromatic N) is 1. The van der Waals surface area contributed by atoms with Gasteiger partial charge in [0.2, 0.25) is 0 Å². The molecule has 1 saturated carbocycles. The van der Waals surface area contributed by atoms with Crippen LogP contribution in [0.2, 0.25) is 0 Å². The molecule has 0 aromatic carbocycles. The Morgan fingerprint density at radius 1 is 1.27 bits per heavy atom. The molecule has 0 unspecified atom stereocenters. The van der Waals surface area contributed by atoms with Crippen LogP contribution in [0.5, 0.6) is 0 Å². The smallest absolute Gasteiger partial charge is 0.407 e. The van der Waals surface area contributed by atoms with Crippen LogP contribution in [0.15, 0.2) is 0 Å². The molecule has 0 aromatic rings. The van der Waals surface area contributed by atoms with Crippen LogP contribution in [0.4, 0.5) is 4.79 Å². The Kier molecular flexibility index (Phi) is 4.88. The summed E-state index contributed by atoms with van der Waals surface area (Å²) in [6.07, 6.45) is 4.58. The third kappa shape index (κ3) is 4.08. The Morgan fingerprint density at radius 3 is 2.27 bits per heavy atom. The van der Waals surface area contributed by atoms with Gasteiger partial charge in [-0.2, -0.15) is 0 Å². The molecule has 0 aromatic heterocycles. The first-order chi connectivity index (χ1) is 7.13. The van der Waals surface area contributed by atoms with E-state index < -0.39 is 6.09 Å². The fourth-order valence-electron chi connectivity index (χ4n) is 2.17. The molecule has 0 radical (unpaired) electrons. The second kappa shape index (κ2) is 5.95. The van der Waals surface area contributed by atoms with Gasteiger partial charge in [0.05, 0.1) is 0 Å². The second-order valence-electron chi connectivity index (χ2n) is 4.56. The van der Waals surface area contributed by atoms with Gasteiger partial charge in [-0.15, -0.1) is 0 Å². The normalized spacial score (nSPS) is 26.3. The average Bonchev–Trinajstić information content (AvgIpc) is 2.26. The lowest BCUT2D eigenvalue weighted by Gasteiger charge is -2.28. The summed E-state index contributed by atoms with van der Waals surface area (Å²) < 4.78 is 0. The summed E-state index contributed by atoms with van der Waals surface area (Å²) in [5.74, 6) is 1.13. The first kappa shape index (κ1) is 12.3. The van der Waals surface area contributed by atoms with E-state index in [1.807, 2.05) is 0 Å². The zero-order valence-electron chi connectivity index (χ0n) is 9.35. The first-order valence-electron chi connectivity index (χ1n) is 5.68.